The third kappa shape index (κ3) is 4.54. The Bertz CT molecular complexity index is 686. The molecule has 0 bridgehead atoms. The second-order valence-corrected chi connectivity index (χ2v) is 9.48. The Kier molecular flexibility index (Phi) is 5.66. The maximum Gasteiger partial charge on any atom is 0.193 e. The summed E-state index contributed by atoms with van der Waals surface area (Å²) in [4.78, 5) is 11.3. The molecule has 2 aliphatic rings. The van der Waals surface area contributed by atoms with Crippen molar-refractivity contribution in [2.75, 3.05) is 37.7 Å². The second-order valence-electron chi connectivity index (χ2n) is 7.25. The molecule has 2 aliphatic heterocycles. The van der Waals surface area contributed by atoms with Crippen LogP contribution in [0.1, 0.15) is 32.7 Å². The number of piperidine rings is 1. The average Bonchev–Trinajstić information content (AvgIpc) is 3.21. The lowest BCUT2D eigenvalue weighted by atomic mass is 9.93. The average molecular weight is 368 g/mol. The number of likely N-dealkylation sites (tertiary alicyclic amines) is 1. The summed E-state index contributed by atoms with van der Waals surface area (Å²) in [6, 6.07) is 0.381. The summed E-state index contributed by atoms with van der Waals surface area (Å²) in [6.45, 7) is 7.62. The maximum absolute atomic E-state index is 11.6. The van der Waals surface area contributed by atoms with Gasteiger partial charge in [-0.1, -0.05) is 6.92 Å². The van der Waals surface area contributed by atoms with Crippen molar-refractivity contribution in [3.05, 3.63) is 18.7 Å². The van der Waals surface area contributed by atoms with Crippen LogP contribution in [0.2, 0.25) is 0 Å². The van der Waals surface area contributed by atoms with Gasteiger partial charge in [-0.15, -0.1) is 0 Å². The molecule has 1 N–H and O–H groups in total. The first-order valence-corrected chi connectivity index (χ1v) is 11.0. The first kappa shape index (κ1) is 18.2. The molecule has 0 amide bonds. The van der Waals surface area contributed by atoms with Crippen LogP contribution in [-0.4, -0.2) is 66.5 Å². The Morgan fingerprint density at radius 3 is 2.88 bits per heavy atom. The number of nitrogens with one attached hydrogen (secondary N) is 1. The van der Waals surface area contributed by atoms with Gasteiger partial charge in [0.2, 0.25) is 0 Å². The number of aromatic nitrogens is 2. The normalized spacial score (nSPS) is 29.8. The third-order valence-electron chi connectivity index (χ3n) is 5.29. The molecule has 25 heavy (non-hydrogen) atoms. The SMILES string of the molecule is CCNC(=NCC1CCS(=O)(=O)C1)N1CCC(C)C(n2ccnc2)C1. The molecule has 3 heterocycles. The molecule has 0 saturated carbocycles. The van der Waals surface area contributed by atoms with Gasteiger partial charge in [-0.05, 0) is 31.6 Å². The lowest BCUT2D eigenvalue weighted by molar-refractivity contribution is 0.189. The first-order chi connectivity index (χ1) is 12.0. The van der Waals surface area contributed by atoms with Gasteiger partial charge in [-0.25, -0.2) is 13.4 Å². The monoisotopic (exact) mass is 367 g/mol. The van der Waals surface area contributed by atoms with Crippen molar-refractivity contribution in [2.24, 2.45) is 16.8 Å². The molecular weight excluding hydrogens is 338 g/mol. The van der Waals surface area contributed by atoms with Crippen molar-refractivity contribution in [2.45, 2.75) is 32.7 Å². The zero-order valence-electron chi connectivity index (χ0n) is 15.1. The van der Waals surface area contributed by atoms with Gasteiger partial charge < -0.3 is 14.8 Å². The molecule has 0 spiro atoms. The van der Waals surface area contributed by atoms with Crippen LogP contribution < -0.4 is 5.32 Å². The Morgan fingerprint density at radius 1 is 1.40 bits per heavy atom. The van der Waals surface area contributed by atoms with Crippen molar-refractivity contribution in [1.29, 1.82) is 0 Å². The standard InChI is InChI=1S/C17H29N5O2S/c1-3-19-17(20-10-15-5-9-25(23,24)12-15)21-7-4-14(2)16(11-21)22-8-6-18-13-22/h6,8,13-16H,3-5,7,9-12H2,1-2H3,(H,19,20). The van der Waals surface area contributed by atoms with Gasteiger partial charge in [-0.2, -0.15) is 0 Å². The van der Waals surface area contributed by atoms with Crippen LogP contribution in [0.25, 0.3) is 0 Å². The van der Waals surface area contributed by atoms with E-state index in [1.807, 2.05) is 18.7 Å². The second kappa shape index (κ2) is 7.76. The number of nitrogens with zero attached hydrogens (tertiary/aromatic N) is 4. The smallest absolute Gasteiger partial charge is 0.193 e. The quantitative estimate of drug-likeness (QED) is 0.638. The van der Waals surface area contributed by atoms with Crippen LogP contribution in [0.5, 0.6) is 0 Å². The molecule has 1 aromatic heterocycles. The van der Waals surface area contributed by atoms with Crippen molar-refractivity contribution in [3.63, 3.8) is 0 Å². The minimum Gasteiger partial charge on any atom is -0.357 e. The van der Waals surface area contributed by atoms with Gasteiger partial charge in [0, 0.05) is 38.6 Å². The number of hydrogen-bond donors (Lipinski definition) is 1. The third-order valence-corrected chi connectivity index (χ3v) is 7.12. The van der Waals surface area contributed by atoms with E-state index in [0.29, 0.717) is 24.3 Å². The van der Waals surface area contributed by atoms with Crippen LogP contribution in [0.15, 0.2) is 23.7 Å². The van der Waals surface area contributed by atoms with E-state index in [1.54, 1.807) is 0 Å². The predicted molar refractivity (Wildman–Crippen MR) is 99.4 cm³/mol. The van der Waals surface area contributed by atoms with E-state index in [4.69, 9.17) is 4.99 Å². The van der Waals surface area contributed by atoms with Gasteiger partial charge in [0.25, 0.3) is 0 Å². The molecule has 8 heteroatoms. The molecule has 3 atom stereocenters. The van der Waals surface area contributed by atoms with E-state index in [2.05, 4.69) is 33.6 Å². The van der Waals surface area contributed by atoms with Gasteiger partial charge >= 0.3 is 0 Å². The number of guanidine groups is 1. The van der Waals surface area contributed by atoms with Crippen LogP contribution >= 0.6 is 0 Å². The van der Waals surface area contributed by atoms with Gasteiger partial charge in [-0.3, -0.25) is 4.99 Å². The Hall–Kier alpha value is -1.57. The molecule has 3 unspecified atom stereocenters. The van der Waals surface area contributed by atoms with Crippen LogP contribution in [0.3, 0.4) is 0 Å². The Labute approximate surface area is 150 Å². The maximum atomic E-state index is 11.6. The number of hydrogen-bond acceptors (Lipinski definition) is 4. The summed E-state index contributed by atoms with van der Waals surface area (Å²) in [5, 5.41) is 3.38. The number of sulfone groups is 1. The molecule has 2 fully saturated rings. The lowest BCUT2D eigenvalue weighted by Crippen LogP contribution is -2.49. The summed E-state index contributed by atoms with van der Waals surface area (Å²) in [6.07, 6.45) is 7.58. The molecule has 2 saturated heterocycles. The Balaban J connectivity index is 1.68. The zero-order chi connectivity index (χ0) is 17.9. The molecule has 1 aromatic rings. The van der Waals surface area contributed by atoms with Crippen molar-refractivity contribution in [1.82, 2.24) is 19.8 Å². The molecule has 0 aliphatic carbocycles. The minimum absolute atomic E-state index is 0.159. The summed E-state index contributed by atoms with van der Waals surface area (Å²) in [5.41, 5.74) is 0. The number of imidazole rings is 1. The molecule has 0 radical (unpaired) electrons. The summed E-state index contributed by atoms with van der Waals surface area (Å²) < 4.78 is 25.5. The topological polar surface area (TPSA) is 79.6 Å². The van der Waals surface area contributed by atoms with Gasteiger partial charge in [0.1, 0.15) is 0 Å². The summed E-state index contributed by atoms with van der Waals surface area (Å²) in [7, 11) is -2.84. The molecular formula is C17H29N5O2S. The fourth-order valence-electron chi connectivity index (χ4n) is 3.75. The van der Waals surface area contributed by atoms with Crippen molar-refractivity contribution < 1.29 is 8.42 Å². The van der Waals surface area contributed by atoms with Gasteiger partial charge in [0.05, 0.1) is 23.9 Å². The number of aliphatic imine (C=N–C) groups is 1. The van der Waals surface area contributed by atoms with Crippen LogP contribution in [-0.2, 0) is 9.84 Å². The zero-order valence-corrected chi connectivity index (χ0v) is 16.0. The van der Waals surface area contributed by atoms with Crippen LogP contribution in [0, 0.1) is 11.8 Å². The summed E-state index contributed by atoms with van der Waals surface area (Å²) >= 11 is 0. The highest BCUT2D eigenvalue weighted by Gasteiger charge is 2.30. The van der Waals surface area contributed by atoms with E-state index in [-0.39, 0.29) is 11.7 Å². The number of rotatable bonds is 4. The van der Waals surface area contributed by atoms with E-state index in [9.17, 15) is 8.42 Å². The van der Waals surface area contributed by atoms with Crippen molar-refractivity contribution in [3.8, 4) is 0 Å². The highest BCUT2D eigenvalue weighted by atomic mass is 32.2. The van der Waals surface area contributed by atoms with Gasteiger partial charge in [0.15, 0.2) is 15.8 Å². The molecule has 7 nitrogen and oxygen atoms in total. The van der Waals surface area contributed by atoms with E-state index in [0.717, 1.165) is 38.4 Å². The molecule has 3 rings (SSSR count). The van der Waals surface area contributed by atoms with Crippen LogP contribution in [0.4, 0.5) is 0 Å². The highest BCUT2D eigenvalue weighted by Crippen LogP contribution is 2.27. The molecule has 0 aromatic carbocycles. The van der Waals surface area contributed by atoms with E-state index < -0.39 is 9.84 Å². The van der Waals surface area contributed by atoms with E-state index in [1.165, 1.54) is 0 Å². The van der Waals surface area contributed by atoms with E-state index >= 15 is 0 Å². The summed E-state index contributed by atoms with van der Waals surface area (Å²) in [5.74, 6) is 2.25. The lowest BCUT2D eigenvalue weighted by Gasteiger charge is -2.39. The Morgan fingerprint density at radius 2 is 2.24 bits per heavy atom. The molecule has 140 valence electrons. The highest BCUT2D eigenvalue weighted by molar-refractivity contribution is 7.91. The fourth-order valence-corrected chi connectivity index (χ4v) is 5.60. The predicted octanol–water partition coefficient (Wildman–Crippen LogP) is 1.17. The largest absolute Gasteiger partial charge is 0.357 e. The minimum atomic E-state index is -2.84. The van der Waals surface area contributed by atoms with Crippen molar-refractivity contribution >= 4 is 15.8 Å². The first-order valence-electron chi connectivity index (χ1n) is 9.19. The fraction of sp³-hybridized carbons (Fsp3) is 0.765.